The van der Waals surface area contributed by atoms with Crippen LogP contribution in [-0.2, 0) is 22.0 Å². The molecule has 0 saturated heterocycles. The van der Waals surface area contributed by atoms with E-state index in [1.165, 1.54) is 0 Å². The van der Waals surface area contributed by atoms with Crippen LogP contribution in [0.25, 0.3) is 0 Å². The Balaban J connectivity index is 2.59. The molecule has 0 aliphatic rings. The number of hydrogen-bond donors (Lipinski definition) is 2. The van der Waals surface area contributed by atoms with Crippen LogP contribution < -0.4 is 0 Å². The van der Waals surface area contributed by atoms with Gasteiger partial charge in [0, 0.05) is 10.5 Å². The third kappa shape index (κ3) is 3.67. The van der Waals surface area contributed by atoms with Crippen LogP contribution in [0.4, 0.5) is 0 Å². The van der Waals surface area contributed by atoms with Crippen molar-refractivity contribution in [3.63, 3.8) is 0 Å². The van der Waals surface area contributed by atoms with Gasteiger partial charge in [-0.15, -0.1) is 0 Å². The molecule has 4 nitrogen and oxygen atoms in total. The monoisotopic (exact) mass is 346 g/mol. The number of rotatable bonds is 4. The highest BCUT2D eigenvalue weighted by Gasteiger charge is 2.28. The highest BCUT2D eigenvalue weighted by Crippen LogP contribution is 2.38. The fourth-order valence-corrected chi connectivity index (χ4v) is 3.96. The van der Waals surface area contributed by atoms with Crippen molar-refractivity contribution < 1.29 is 19.2 Å². The predicted molar refractivity (Wildman–Crippen MR) is 95.1 cm³/mol. The van der Waals surface area contributed by atoms with E-state index in [0.29, 0.717) is 21.8 Å². The molecule has 2 aromatic rings. The van der Waals surface area contributed by atoms with E-state index in [4.69, 9.17) is 0 Å². The molecule has 0 bridgehead atoms. The molecular formula is C19H22O4S. The van der Waals surface area contributed by atoms with E-state index in [1.54, 1.807) is 13.0 Å². The lowest BCUT2D eigenvalue weighted by Gasteiger charge is -2.24. The quantitative estimate of drug-likeness (QED) is 0.877. The van der Waals surface area contributed by atoms with Gasteiger partial charge >= 0.3 is 5.97 Å². The van der Waals surface area contributed by atoms with Gasteiger partial charge in [0.05, 0.1) is 16.6 Å². The third-order valence-corrected chi connectivity index (χ3v) is 5.43. The molecule has 0 fully saturated rings. The number of carboxylic acid groups (broad SMARTS) is 1. The van der Waals surface area contributed by atoms with Crippen molar-refractivity contribution >= 4 is 16.8 Å². The van der Waals surface area contributed by atoms with Crippen LogP contribution in [0.15, 0.2) is 41.3 Å². The molecule has 2 aromatic carbocycles. The van der Waals surface area contributed by atoms with E-state index in [1.807, 2.05) is 51.1 Å². The Morgan fingerprint density at radius 2 is 1.75 bits per heavy atom. The molecule has 1 unspecified atom stereocenters. The van der Waals surface area contributed by atoms with Crippen LogP contribution in [0, 0.1) is 6.92 Å². The van der Waals surface area contributed by atoms with Crippen LogP contribution >= 0.6 is 0 Å². The summed E-state index contributed by atoms with van der Waals surface area (Å²) in [5, 5.41) is 19.9. The summed E-state index contributed by atoms with van der Waals surface area (Å²) >= 11 is 0. The molecule has 0 aliphatic carbocycles. The minimum atomic E-state index is -1.40. The lowest BCUT2D eigenvalue weighted by Crippen LogP contribution is -2.16. The van der Waals surface area contributed by atoms with Gasteiger partial charge in [-0.05, 0) is 29.5 Å². The fourth-order valence-electron chi connectivity index (χ4n) is 2.62. The summed E-state index contributed by atoms with van der Waals surface area (Å²) in [6.07, 6.45) is 0. The molecule has 2 rings (SSSR count). The first-order valence-electron chi connectivity index (χ1n) is 7.65. The number of aromatic hydroxyl groups is 1. The molecule has 0 spiro atoms. The smallest absolute Gasteiger partial charge is 0.339 e. The summed E-state index contributed by atoms with van der Waals surface area (Å²) < 4.78 is 12.8. The van der Waals surface area contributed by atoms with Gasteiger partial charge in [0.25, 0.3) is 0 Å². The molecular weight excluding hydrogens is 324 g/mol. The van der Waals surface area contributed by atoms with Gasteiger partial charge in [0.1, 0.15) is 11.3 Å². The Bertz CT molecular complexity index is 789. The molecule has 0 heterocycles. The van der Waals surface area contributed by atoms with Gasteiger partial charge < -0.3 is 10.2 Å². The molecule has 128 valence electrons. The van der Waals surface area contributed by atoms with Crippen LogP contribution in [0.3, 0.4) is 0 Å². The van der Waals surface area contributed by atoms with E-state index in [0.717, 1.165) is 5.56 Å². The van der Waals surface area contributed by atoms with Gasteiger partial charge in [-0.25, -0.2) is 4.79 Å². The first kappa shape index (κ1) is 18.2. The SMILES string of the molecule is Cc1c(S(=O)Cc2ccccc2)cc(C(C)(C)C)c(O)c1C(=O)O. The Labute approximate surface area is 144 Å². The minimum absolute atomic E-state index is 0.168. The fraction of sp³-hybridized carbons (Fsp3) is 0.316. The zero-order chi connectivity index (χ0) is 18.1. The van der Waals surface area contributed by atoms with E-state index >= 15 is 0 Å². The molecule has 0 aromatic heterocycles. The van der Waals surface area contributed by atoms with E-state index in [2.05, 4.69) is 0 Å². The number of phenols is 1. The number of aromatic carboxylic acids is 1. The van der Waals surface area contributed by atoms with Crippen molar-refractivity contribution in [1.29, 1.82) is 0 Å². The second-order valence-electron chi connectivity index (χ2n) is 6.80. The average Bonchev–Trinajstić information content (AvgIpc) is 2.46. The largest absolute Gasteiger partial charge is 0.507 e. The van der Waals surface area contributed by atoms with Crippen molar-refractivity contribution in [3.05, 3.63) is 58.7 Å². The molecule has 0 aliphatic heterocycles. The Morgan fingerprint density at radius 3 is 2.25 bits per heavy atom. The van der Waals surface area contributed by atoms with Crippen molar-refractivity contribution in [2.24, 2.45) is 0 Å². The summed E-state index contributed by atoms with van der Waals surface area (Å²) in [5.41, 5.74) is 1.12. The summed E-state index contributed by atoms with van der Waals surface area (Å²) in [4.78, 5) is 12.1. The zero-order valence-corrected chi connectivity index (χ0v) is 15.1. The van der Waals surface area contributed by atoms with Crippen molar-refractivity contribution in [2.45, 2.75) is 43.8 Å². The lowest BCUT2D eigenvalue weighted by molar-refractivity contribution is 0.0692. The van der Waals surface area contributed by atoms with Gasteiger partial charge in [-0.2, -0.15) is 0 Å². The Hall–Kier alpha value is -2.14. The average molecular weight is 346 g/mol. The molecule has 0 saturated carbocycles. The summed E-state index contributed by atoms with van der Waals surface area (Å²) in [7, 11) is -1.40. The van der Waals surface area contributed by atoms with Crippen LogP contribution in [-0.4, -0.2) is 20.4 Å². The summed E-state index contributed by atoms with van der Waals surface area (Å²) in [6, 6.07) is 11.1. The van der Waals surface area contributed by atoms with Gasteiger partial charge in [-0.3, -0.25) is 4.21 Å². The predicted octanol–water partition coefficient (Wildman–Crippen LogP) is 4.00. The van der Waals surface area contributed by atoms with Crippen molar-refractivity contribution in [3.8, 4) is 5.75 Å². The summed E-state index contributed by atoms with van der Waals surface area (Å²) in [5.74, 6) is -1.16. The highest BCUT2D eigenvalue weighted by atomic mass is 32.2. The standard InChI is InChI=1S/C19H22O4S/c1-12-15(24(23)11-13-8-6-5-7-9-13)10-14(19(2,3)4)17(20)16(12)18(21)22/h5-10,20H,11H2,1-4H3,(H,21,22). The van der Waals surface area contributed by atoms with E-state index < -0.39 is 22.2 Å². The molecule has 1 atom stereocenters. The second kappa shape index (κ2) is 6.77. The van der Waals surface area contributed by atoms with Crippen LogP contribution in [0.2, 0.25) is 0 Å². The zero-order valence-electron chi connectivity index (χ0n) is 14.3. The van der Waals surface area contributed by atoms with E-state index in [9.17, 15) is 19.2 Å². The normalized spacial score (nSPS) is 12.8. The molecule has 24 heavy (non-hydrogen) atoms. The van der Waals surface area contributed by atoms with Crippen LogP contribution in [0.5, 0.6) is 5.75 Å². The van der Waals surface area contributed by atoms with Gasteiger partial charge in [0.15, 0.2) is 0 Å². The number of carbonyl (C=O) groups is 1. The lowest BCUT2D eigenvalue weighted by atomic mass is 9.84. The maximum absolute atomic E-state index is 12.8. The molecule has 0 radical (unpaired) electrons. The van der Waals surface area contributed by atoms with Crippen LogP contribution in [0.1, 0.15) is 47.8 Å². The van der Waals surface area contributed by atoms with Crippen molar-refractivity contribution in [1.82, 2.24) is 0 Å². The number of hydrogen-bond acceptors (Lipinski definition) is 3. The third-order valence-electron chi connectivity index (χ3n) is 3.92. The first-order valence-corrected chi connectivity index (χ1v) is 8.97. The number of benzene rings is 2. The maximum Gasteiger partial charge on any atom is 0.339 e. The highest BCUT2D eigenvalue weighted by molar-refractivity contribution is 7.84. The first-order chi connectivity index (χ1) is 11.1. The summed E-state index contributed by atoms with van der Waals surface area (Å²) in [6.45, 7) is 7.24. The topological polar surface area (TPSA) is 74.6 Å². The molecule has 0 amide bonds. The minimum Gasteiger partial charge on any atom is -0.507 e. The Kier molecular flexibility index (Phi) is 5.13. The molecule has 2 N–H and O–H groups in total. The van der Waals surface area contributed by atoms with Gasteiger partial charge in [0.2, 0.25) is 0 Å². The Morgan fingerprint density at radius 1 is 1.17 bits per heavy atom. The number of carboxylic acids is 1. The maximum atomic E-state index is 12.8. The molecule has 5 heteroatoms. The van der Waals surface area contributed by atoms with E-state index in [-0.39, 0.29) is 11.3 Å². The van der Waals surface area contributed by atoms with Crippen molar-refractivity contribution in [2.75, 3.05) is 0 Å². The second-order valence-corrected chi connectivity index (χ2v) is 8.22. The van der Waals surface area contributed by atoms with Gasteiger partial charge in [-0.1, -0.05) is 51.1 Å².